The van der Waals surface area contributed by atoms with E-state index < -0.39 is 33.8 Å². The number of imide groups is 1. The summed E-state index contributed by atoms with van der Waals surface area (Å²) in [5, 5.41) is 0. The molecule has 2 aliphatic rings. The third kappa shape index (κ3) is 5.77. The summed E-state index contributed by atoms with van der Waals surface area (Å²) in [5.41, 5.74) is 1.46. The lowest BCUT2D eigenvalue weighted by Crippen LogP contribution is -2.46. The zero-order valence-corrected chi connectivity index (χ0v) is 22.3. The molecule has 1 fully saturated rings. The maximum absolute atomic E-state index is 13.7. The second-order valence-corrected chi connectivity index (χ2v) is 11.6. The molecule has 1 aliphatic heterocycles. The molecule has 0 radical (unpaired) electrons. The molecule has 0 N–H and O–H groups in total. The van der Waals surface area contributed by atoms with Gasteiger partial charge in [-0.3, -0.25) is 14.4 Å². The largest absolute Gasteiger partial charge is 0.427 e. The summed E-state index contributed by atoms with van der Waals surface area (Å²) in [6.45, 7) is 1.38. The first kappa shape index (κ1) is 26.2. The second-order valence-electron chi connectivity index (χ2n) is 8.80. The summed E-state index contributed by atoms with van der Waals surface area (Å²) in [7, 11) is -4.06. The summed E-state index contributed by atoms with van der Waals surface area (Å²) in [6, 6.07) is 11.0. The zero-order valence-electron chi connectivity index (χ0n) is 19.9. The van der Waals surface area contributed by atoms with Gasteiger partial charge >= 0.3 is 5.97 Å². The summed E-state index contributed by atoms with van der Waals surface area (Å²) in [6.07, 6.45) is 6.45. The maximum Gasteiger partial charge on any atom is 0.308 e. The topological polar surface area (TPSA) is 101 Å². The molecule has 1 atom stereocenters. The average Bonchev–Trinajstić information content (AvgIpc) is 3.13. The Labute approximate surface area is 219 Å². The van der Waals surface area contributed by atoms with Crippen LogP contribution in [0.3, 0.4) is 0 Å². The lowest BCUT2D eigenvalue weighted by molar-refractivity contribution is -0.132. The van der Waals surface area contributed by atoms with Crippen LogP contribution in [0.15, 0.2) is 69.5 Å². The van der Waals surface area contributed by atoms with Crippen molar-refractivity contribution in [3.63, 3.8) is 0 Å². The van der Waals surface area contributed by atoms with E-state index >= 15 is 0 Å². The molecular formula is C26H27BrN2O6S. The van der Waals surface area contributed by atoms with Gasteiger partial charge in [0, 0.05) is 17.9 Å². The Morgan fingerprint density at radius 3 is 2.39 bits per heavy atom. The van der Waals surface area contributed by atoms with Crippen LogP contribution >= 0.6 is 15.9 Å². The Hall–Kier alpha value is -2.82. The van der Waals surface area contributed by atoms with Crippen molar-refractivity contribution in [1.82, 2.24) is 4.31 Å². The highest BCUT2D eigenvalue weighted by molar-refractivity contribution is 9.10. The van der Waals surface area contributed by atoms with E-state index in [1.807, 2.05) is 0 Å². The lowest BCUT2D eigenvalue weighted by Gasteiger charge is -2.28. The average molecular weight is 575 g/mol. The number of ether oxygens (including phenoxy) is 1. The molecule has 8 nitrogen and oxygen atoms in total. The molecule has 0 bridgehead atoms. The van der Waals surface area contributed by atoms with E-state index in [1.165, 1.54) is 53.2 Å². The molecule has 0 aromatic heterocycles. The molecule has 10 heteroatoms. The minimum absolute atomic E-state index is 0.0627. The summed E-state index contributed by atoms with van der Waals surface area (Å²) >= 11 is 3.32. The fourth-order valence-corrected chi connectivity index (χ4v) is 6.36. The molecule has 1 aliphatic carbocycles. The quantitative estimate of drug-likeness (QED) is 0.198. The van der Waals surface area contributed by atoms with Crippen LogP contribution < -0.4 is 9.64 Å². The van der Waals surface area contributed by atoms with Gasteiger partial charge in [-0.25, -0.2) is 13.3 Å². The molecule has 0 saturated carbocycles. The van der Waals surface area contributed by atoms with Crippen molar-refractivity contribution in [1.29, 1.82) is 0 Å². The molecule has 1 heterocycles. The summed E-state index contributed by atoms with van der Waals surface area (Å²) in [4.78, 5) is 38.7. The molecule has 1 unspecified atom stereocenters. The van der Waals surface area contributed by atoms with Gasteiger partial charge in [0.25, 0.3) is 5.91 Å². The highest BCUT2D eigenvalue weighted by Crippen LogP contribution is 2.32. The number of sulfonamides is 1. The van der Waals surface area contributed by atoms with Crippen molar-refractivity contribution in [2.75, 3.05) is 11.4 Å². The molecule has 190 valence electrons. The van der Waals surface area contributed by atoms with Crippen molar-refractivity contribution in [2.45, 2.75) is 56.4 Å². The molecular weight excluding hydrogens is 548 g/mol. The van der Waals surface area contributed by atoms with Crippen molar-refractivity contribution in [3.05, 3.63) is 64.7 Å². The number of nitrogens with zero attached hydrogens (tertiary/aromatic N) is 2. The fourth-order valence-electron chi connectivity index (χ4n) is 4.51. The Morgan fingerprint density at radius 1 is 1.08 bits per heavy atom. The van der Waals surface area contributed by atoms with Crippen LogP contribution in [-0.2, 0) is 24.4 Å². The van der Waals surface area contributed by atoms with E-state index in [1.54, 1.807) is 12.1 Å². The van der Waals surface area contributed by atoms with E-state index in [2.05, 4.69) is 22.0 Å². The van der Waals surface area contributed by atoms with Crippen molar-refractivity contribution in [3.8, 4) is 5.75 Å². The van der Waals surface area contributed by atoms with E-state index in [9.17, 15) is 22.8 Å². The number of anilines is 1. The van der Waals surface area contributed by atoms with Gasteiger partial charge in [-0.15, -0.1) is 0 Å². The van der Waals surface area contributed by atoms with Crippen LogP contribution in [0.25, 0.3) is 0 Å². The third-order valence-corrected chi connectivity index (χ3v) is 8.74. The van der Waals surface area contributed by atoms with Crippen molar-refractivity contribution >= 4 is 49.4 Å². The number of allylic oxidation sites excluding steroid dienone is 1. The highest BCUT2D eigenvalue weighted by atomic mass is 79.9. The van der Waals surface area contributed by atoms with Crippen LogP contribution in [0, 0.1) is 0 Å². The molecule has 2 amide bonds. The molecule has 2 aromatic carbocycles. The minimum Gasteiger partial charge on any atom is -0.427 e. The van der Waals surface area contributed by atoms with Crippen molar-refractivity contribution < 1.29 is 27.5 Å². The fraction of sp³-hybridized carbons (Fsp3) is 0.346. The molecule has 2 aromatic rings. The van der Waals surface area contributed by atoms with E-state index in [-0.39, 0.29) is 23.6 Å². The number of halogens is 1. The van der Waals surface area contributed by atoms with Gasteiger partial charge in [0.1, 0.15) is 11.8 Å². The first-order valence-electron chi connectivity index (χ1n) is 11.8. The van der Waals surface area contributed by atoms with Gasteiger partial charge in [-0.05, 0) is 80.6 Å². The van der Waals surface area contributed by atoms with Crippen LogP contribution in [0.1, 0.15) is 45.4 Å². The number of carbonyl (C=O) groups excluding carboxylic acids is 3. The van der Waals surface area contributed by atoms with Crippen LogP contribution in [0.5, 0.6) is 5.75 Å². The van der Waals surface area contributed by atoms with Gasteiger partial charge in [0.05, 0.1) is 17.0 Å². The normalized spacial score (nSPS) is 18.5. The summed E-state index contributed by atoms with van der Waals surface area (Å²) < 4.78 is 34.3. The van der Waals surface area contributed by atoms with Crippen molar-refractivity contribution in [2.24, 2.45) is 0 Å². The first-order valence-corrected chi connectivity index (χ1v) is 14.0. The zero-order chi connectivity index (χ0) is 25.9. The Kier molecular flexibility index (Phi) is 8.07. The number of benzene rings is 2. The van der Waals surface area contributed by atoms with Gasteiger partial charge < -0.3 is 4.74 Å². The predicted octanol–water partition coefficient (Wildman–Crippen LogP) is 4.59. The number of carbonyl (C=O) groups is 3. The summed E-state index contributed by atoms with van der Waals surface area (Å²) in [5.74, 6) is -1.29. The Morgan fingerprint density at radius 2 is 1.78 bits per heavy atom. The van der Waals surface area contributed by atoms with Gasteiger partial charge in [-0.2, -0.15) is 4.31 Å². The van der Waals surface area contributed by atoms with E-state index in [0.717, 1.165) is 35.1 Å². The number of hydrogen-bond acceptors (Lipinski definition) is 6. The molecule has 4 rings (SSSR count). The minimum atomic E-state index is -4.06. The highest BCUT2D eigenvalue weighted by Gasteiger charge is 2.46. The SMILES string of the molecule is CC(=O)Oc1ccc(N2C(=O)CC(N(CCC3=CCCCC3)S(=O)(=O)c3ccc(Br)cc3)C2=O)cc1. The van der Waals surface area contributed by atoms with E-state index in [0.29, 0.717) is 12.1 Å². The molecule has 36 heavy (non-hydrogen) atoms. The lowest BCUT2D eigenvalue weighted by atomic mass is 9.97. The first-order chi connectivity index (χ1) is 17.2. The van der Waals surface area contributed by atoms with Crippen LogP contribution in [0.4, 0.5) is 5.69 Å². The van der Waals surface area contributed by atoms with Crippen LogP contribution in [-0.4, -0.2) is 43.1 Å². The number of rotatable bonds is 8. The van der Waals surface area contributed by atoms with Crippen LogP contribution in [0.2, 0.25) is 0 Å². The van der Waals surface area contributed by atoms with E-state index in [4.69, 9.17) is 4.74 Å². The predicted molar refractivity (Wildman–Crippen MR) is 138 cm³/mol. The molecule has 1 saturated heterocycles. The molecule has 0 spiro atoms. The number of hydrogen-bond donors (Lipinski definition) is 0. The number of esters is 1. The number of amides is 2. The van der Waals surface area contributed by atoms with Gasteiger partial charge in [0.15, 0.2) is 0 Å². The Bertz CT molecular complexity index is 1290. The Balaban J connectivity index is 1.63. The monoisotopic (exact) mass is 574 g/mol. The second kappa shape index (κ2) is 11.1. The maximum atomic E-state index is 13.7. The standard InChI is InChI=1S/C26H27BrN2O6S/c1-18(30)35-22-11-9-21(10-12-22)29-25(31)17-24(26(29)32)28(16-15-19-5-3-2-4-6-19)36(33,34)23-13-7-20(27)8-14-23/h5,7-14,24H,2-4,6,15-17H2,1H3. The van der Waals surface area contributed by atoms with Gasteiger partial charge in [0.2, 0.25) is 15.9 Å². The van der Waals surface area contributed by atoms with Gasteiger partial charge in [-0.1, -0.05) is 27.6 Å². The third-order valence-electron chi connectivity index (χ3n) is 6.29. The smallest absolute Gasteiger partial charge is 0.308 e.